The molecule has 1 aromatic rings. The second-order valence-corrected chi connectivity index (χ2v) is 7.90. The summed E-state index contributed by atoms with van der Waals surface area (Å²) in [6.07, 6.45) is 8.70. The van der Waals surface area contributed by atoms with Crippen LogP contribution in [-0.4, -0.2) is 24.0 Å². The molecule has 1 heterocycles. The number of hydrogen-bond donors (Lipinski definition) is 3. The lowest BCUT2D eigenvalue weighted by atomic mass is 9.86. The number of nitrogens with one attached hydrogen (secondary N) is 3. The molecule has 1 spiro atoms. The Hall–Kier alpha value is -2.04. The van der Waals surface area contributed by atoms with Gasteiger partial charge in [-0.05, 0) is 36.7 Å². The lowest BCUT2D eigenvalue weighted by molar-refractivity contribution is -0.123. The van der Waals surface area contributed by atoms with Gasteiger partial charge in [-0.1, -0.05) is 49.6 Å². The maximum Gasteiger partial charge on any atom is 0.315 e. The molecule has 25 heavy (non-hydrogen) atoms. The van der Waals surface area contributed by atoms with Crippen LogP contribution >= 0.6 is 0 Å². The average Bonchev–Trinajstić information content (AvgIpc) is 3.28. The molecule has 1 aromatic carbocycles. The normalized spacial score (nSPS) is 30.4. The van der Waals surface area contributed by atoms with Crippen LogP contribution in [0.2, 0.25) is 0 Å². The quantitative estimate of drug-likeness (QED) is 0.791. The van der Waals surface area contributed by atoms with Crippen LogP contribution in [0.25, 0.3) is 0 Å². The third-order valence-corrected chi connectivity index (χ3v) is 6.22. The van der Waals surface area contributed by atoms with Crippen molar-refractivity contribution in [1.29, 1.82) is 0 Å². The van der Waals surface area contributed by atoms with E-state index in [0.717, 1.165) is 12.0 Å². The Bertz CT molecular complexity index is 640. The highest BCUT2D eigenvalue weighted by Gasteiger charge is 2.54. The fraction of sp³-hybridized carbons (Fsp3) is 0.600. The van der Waals surface area contributed by atoms with Gasteiger partial charge in [0.25, 0.3) is 0 Å². The van der Waals surface area contributed by atoms with Gasteiger partial charge in [0, 0.05) is 12.5 Å². The average molecular weight is 341 g/mol. The van der Waals surface area contributed by atoms with Gasteiger partial charge >= 0.3 is 6.03 Å². The molecule has 1 saturated heterocycles. The van der Waals surface area contributed by atoms with Crippen LogP contribution in [0, 0.1) is 5.41 Å². The van der Waals surface area contributed by atoms with Crippen molar-refractivity contribution in [3.63, 3.8) is 0 Å². The van der Waals surface area contributed by atoms with Gasteiger partial charge in [-0.25, -0.2) is 4.79 Å². The largest absolute Gasteiger partial charge is 0.347 e. The first-order valence-corrected chi connectivity index (χ1v) is 9.58. The smallest absolute Gasteiger partial charge is 0.315 e. The van der Waals surface area contributed by atoms with Crippen LogP contribution in [0.15, 0.2) is 30.3 Å². The van der Waals surface area contributed by atoms with E-state index < -0.39 is 0 Å². The van der Waals surface area contributed by atoms with Gasteiger partial charge in [0.05, 0.1) is 12.1 Å². The number of benzene rings is 1. The first-order valence-electron chi connectivity index (χ1n) is 9.58. The molecule has 3 amide bonds. The molecular formula is C20H27N3O2. The topological polar surface area (TPSA) is 70.2 Å². The number of carbonyl (C=O) groups is 2. The van der Waals surface area contributed by atoms with Crippen LogP contribution in [0.1, 0.15) is 63.0 Å². The molecule has 134 valence electrons. The van der Waals surface area contributed by atoms with Crippen molar-refractivity contribution < 1.29 is 9.59 Å². The molecule has 3 atom stereocenters. The Kier molecular flexibility index (Phi) is 4.40. The number of rotatable bonds is 3. The summed E-state index contributed by atoms with van der Waals surface area (Å²) in [5, 5.41) is 9.33. The van der Waals surface area contributed by atoms with E-state index in [2.05, 4.69) is 16.0 Å². The van der Waals surface area contributed by atoms with Crippen LogP contribution < -0.4 is 16.0 Å². The fourth-order valence-electron chi connectivity index (χ4n) is 4.66. The van der Waals surface area contributed by atoms with E-state index in [9.17, 15) is 9.59 Å². The maximum atomic E-state index is 12.5. The summed E-state index contributed by atoms with van der Waals surface area (Å²) in [7, 11) is 0. The van der Waals surface area contributed by atoms with Crippen molar-refractivity contribution in [2.24, 2.45) is 5.41 Å². The summed E-state index contributed by atoms with van der Waals surface area (Å²) in [6, 6.07) is 9.91. The lowest BCUT2D eigenvalue weighted by Crippen LogP contribution is -2.53. The Morgan fingerprint density at radius 2 is 1.84 bits per heavy atom. The molecule has 2 aliphatic carbocycles. The van der Waals surface area contributed by atoms with E-state index in [4.69, 9.17) is 0 Å². The lowest BCUT2D eigenvalue weighted by Gasteiger charge is -2.33. The SMILES string of the molecule is O=C1CC[C@@H](NC(=O)NC2CC23CCCCC3)[C@H](c2ccccc2)N1. The van der Waals surface area contributed by atoms with E-state index in [1.807, 2.05) is 30.3 Å². The molecule has 5 heteroatoms. The molecule has 3 N–H and O–H groups in total. The summed E-state index contributed by atoms with van der Waals surface area (Å²) >= 11 is 0. The highest BCUT2D eigenvalue weighted by molar-refractivity contribution is 5.79. The van der Waals surface area contributed by atoms with E-state index in [1.165, 1.54) is 32.1 Å². The van der Waals surface area contributed by atoms with Gasteiger partial charge in [-0.3, -0.25) is 4.79 Å². The van der Waals surface area contributed by atoms with Gasteiger partial charge in [-0.15, -0.1) is 0 Å². The van der Waals surface area contributed by atoms with E-state index in [-0.39, 0.29) is 24.0 Å². The molecule has 3 aliphatic rings. The fourth-order valence-corrected chi connectivity index (χ4v) is 4.66. The minimum absolute atomic E-state index is 0.0515. The summed E-state index contributed by atoms with van der Waals surface area (Å²) in [5.41, 5.74) is 1.42. The van der Waals surface area contributed by atoms with E-state index in [0.29, 0.717) is 24.3 Å². The maximum absolute atomic E-state index is 12.5. The predicted molar refractivity (Wildman–Crippen MR) is 95.9 cm³/mol. The number of amides is 3. The van der Waals surface area contributed by atoms with Gasteiger partial charge < -0.3 is 16.0 Å². The van der Waals surface area contributed by atoms with Crippen LogP contribution in [0.5, 0.6) is 0 Å². The monoisotopic (exact) mass is 341 g/mol. The summed E-state index contributed by atoms with van der Waals surface area (Å²) in [4.78, 5) is 24.3. The molecule has 0 aromatic heterocycles. The minimum atomic E-state index is -0.156. The zero-order valence-electron chi connectivity index (χ0n) is 14.6. The third-order valence-electron chi connectivity index (χ3n) is 6.22. The number of hydrogen-bond acceptors (Lipinski definition) is 2. The third kappa shape index (κ3) is 3.51. The van der Waals surface area contributed by atoms with Crippen molar-refractivity contribution in [2.75, 3.05) is 0 Å². The van der Waals surface area contributed by atoms with Crippen molar-refractivity contribution in [3.05, 3.63) is 35.9 Å². The summed E-state index contributed by atoms with van der Waals surface area (Å²) in [5.74, 6) is 0.0515. The molecule has 0 radical (unpaired) electrons. The zero-order chi connectivity index (χ0) is 17.3. The molecular weight excluding hydrogens is 314 g/mol. The van der Waals surface area contributed by atoms with Crippen molar-refractivity contribution in [1.82, 2.24) is 16.0 Å². The highest BCUT2D eigenvalue weighted by atomic mass is 16.2. The predicted octanol–water partition coefficient (Wildman–Crippen LogP) is 3.03. The second kappa shape index (κ2) is 6.70. The first-order chi connectivity index (χ1) is 12.2. The van der Waals surface area contributed by atoms with Crippen LogP contribution in [0.4, 0.5) is 4.79 Å². The Morgan fingerprint density at radius 3 is 2.60 bits per heavy atom. The Balaban J connectivity index is 1.37. The van der Waals surface area contributed by atoms with Gasteiger partial charge in [-0.2, -0.15) is 0 Å². The minimum Gasteiger partial charge on any atom is -0.347 e. The Labute approximate surface area is 148 Å². The van der Waals surface area contributed by atoms with Crippen molar-refractivity contribution in [3.8, 4) is 0 Å². The summed E-state index contributed by atoms with van der Waals surface area (Å²) in [6.45, 7) is 0. The molecule has 4 rings (SSSR count). The number of urea groups is 1. The molecule has 1 unspecified atom stereocenters. The van der Waals surface area contributed by atoms with E-state index in [1.54, 1.807) is 0 Å². The van der Waals surface area contributed by atoms with Crippen LogP contribution in [0.3, 0.4) is 0 Å². The first kappa shape index (κ1) is 16.4. The van der Waals surface area contributed by atoms with Crippen LogP contribution in [-0.2, 0) is 4.79 Å². The number of piperidine rings is 1. The standard InChI is InChI=1S/C20H27N3O2/c24-17-10-9-15(18(23-17)14-7-3-1-4-8-14)21-19(25)22-16-13-20(16)11-5-2-6-12-20/h1,3-4,7-8,15-16,18H,2,5-6,9-13H2,(H,23,24)(H2,21,22,25)/t15-,16?,18+/m1/s1. The Morgan fingerprint density at radius 1 is 1.08 bits per heavy atom. The molecule has 3 fully saturated rings. The van der Waals surface area contributed by atoms with Gasteiger partial charge in [0.1, 0.15) is 0 Å². The van der Waals surface area contributed by atoms with Crippen molar-refractivity contribution >= 4 is 11.9 Å². The molecule has 1 aliphatic heterocycles. The van der Waals surface area contributed by atoms with Gasteiger partial charge in [0.2, 0.25) is 5.91 Å². The van der Waals surface area contributed by atoms with Crippen molar-refractivity contribution in [2.45, 2.75) is 69.5 Å². The summed E-state index contributed by atoms with van der Waals surface area (Å²) < 4.78 is 0. The highest BCUT2D eigenvalue weighted by Crippen LogP contribution is 2.56. The van der Waals surface area contributed by atoms with E-state index >= 15 is 0 Å². The molecule has 0 bridgehead atoms. The zero-order valence-corrected chi connectivity index (χ0v) is 14.6. The molecule has 5 nitrogen and oxygen atoms in total. The van der Waals surface area contributed by atoms with Gasteiger partial charge in [0.15, 0.2) is 0 Å². The second-order valence-electron chi connectivity index (χ2n) is 7.90. The molecule has 2 saturated carbocycles. The number of carbonyl (C=O) groups excluding carboxylic acids is 2.